The van der Waals surface area contributed by atoms with Gasteiger partial charge in [-0.15, -0.1) is 71.4 Å². The molecule has 0 saturated carbocycles. The maximum atomic E-state index is 4.73. The van der Waals surface area contributed by atoms with Gasteiger partial charge in [-0.2, -0.15) is 0 Å². The number of benzene rings is 1. The first-order chi connectivity index (χ1) is 8.15. The van der Waals surface area contributed by atoms with Gasteiger partial charge in [0.1, 0.15) is 0 Å². The van der Waals surface area contributed by atoms with Crippen molar-refractivity contribution in [3.63, 3.8) is 0 Å². The minimum Gasteiger partial charge on any atom is -0.141 e. The molecule has 0 spiro atoms. The highest BCUT2D eigenvalue weighted by Crippen LogP contribution is 2.49. The van der Waals surface area contributed by atoms with Crippen LogP contribution in [0.25, 0.3) is 0 Å². The van der Waals surface area contributed by atoms with Crippen molar-refractivity contribution >= 4 is 71.4 Å². The van der Waals surface area contributed by atoms with E-state index >= 15 is 0 Å². The van der Waals surface area contributed by atoms with E-state index < -0.39 is 0 Å². The SMILES string of the molecule is CSc1c(S)c(SC)c(SC)c(SC)c1SC. The van der Waals surface area contributed by atoms with Crippen molar-refractivity contribution in [2.75, 3.05) is 31.3 Å². The van der Waals surface area contributed by atoms with E-state index in [9.17, 15) is 0 Å². The first-order valence-corrected chi connectivity index (χ1v) is 11.4. The highest BCUT2D eigenvalue weighted by atomic mass is 32.2. The van der Waals surface area contributed by atoms with Crippen LogP contribution in [-0.4, -0.2) is 31.3 Å². The maximum absolute atomic E-state index is 4.73. The van der Waals surface area contributed by atoms with Crippen LogP contribution in [0.1, 0.15) is 0 Å². The van der Waals surface area contributed by atoms with Gasteiger partial charge in [-0.1, -0.05) is 0 Å². The molecule has 1 rings (SSSR count). The molecule has 0 atom stereocenters. The normalized spacial score (nSPS) is 10.9. The third-order valence-electron chi connectivity index (χ3n) is 2.28. The second kappa shape index (κ2) is 7.80. The lowest BCUT2D eigenvalue weighted by atomic mass is 10.3. The molecule has 0 radical (unpaired) electrons. The molecule has 0 nitrogen and oxygen atoms in total. The van der Waals surface area contributed by atoms with Gasteiger partial charge < -0.3 is 0 Å². The number of hydrogen-bond donors (Lipinski definition) is 1. The van der Waals surface area contributed by atoms with Gasteiger partial charge >= 0.3 is 0 Å². The minimum atomic E-state index is 1.14. The van der Waals surface area contributed by atoms with Crippen LogP contribution in [0.5, 0.6) is 0 Å². The number of thiol groups is 1. The summed E-state index contributed by atoms with van der Waals surface area (Å²) in [4.78, 5) is 7.90. The van der Waals surface area contributed by atoms with Crippen molar-refractivity contribution in [1.29, 1.82) is 0 Å². The lowest BCUT2D eigenvalue weighted by Gasteiger charge is -2.20. The molecule has 0 N–H and O–H groups in total. The molecule has 0 aromatic heterocycles. The average molecular weight is 341 g/mol. The zero-order valence-corrected chi connectivity index (χ0v) is 15.5. The zero-order chi connectivity index (χ0) is 13.0. The Bertz CT molecular complexity index is 368. The Hall–Kier alpha value is 1.32. The van der Waals surface area contributed by atoms with Crippen molar-refractivity contribution in [3.05, 3.63) is 0 Å². The molecule has 0 aliphatic heterocycles. The van der Waals surface area contributed by atoms with Gasteiger partial charge in [0, 0.05) is 29.4 Å². The summed E-state index contributed by atoms with van der Waals surface area (Å²) in [6, 6.07) is 0. The van der Waals surface area contributed by atoms with Crippen LogP contribution in [0.15, 0.2) is 29.4 Å². The molecule has 0 unspecified atom stereocenters. The lowest BCUT2D eigenvalue weighted by Crippen LogP contribution is -1.93. The van der Waals surface area contributed by atoms with Crippen LogP contribution in [0, 0.1) is 0 Å². The molecule has 1 aromatic carbocycles. The average Bonchev–Trinajstić information content (AvgIpc) is 2.36. The summed E-state index contributed by atoms with van der Waals surface area (Å²) in [7, 11) is 0. The molecular weight excluding hydrogens is 325 g/mol. The van der Waals surface area contributed by atoms with Gasteiger partial charge in [-0.25, -0.2) is 0 Å². The summed E-state index contributed by atoms with van der Waals surface area (Å²) >= 11 is 13.8. The maximum Gasteiger partial charge on any atom is 0.0365 e. The second-order valence-electron chi connectivity index (χ2n) is 3.01. The lowest BCUT2D eigenvalue weighted by molar-refractivity contribution is 0.882. The Morgan fingerprint density at radius 3 is 1.00 bits per heavy atom. The van der Waals surface area contributed by atoms with Crippen molar-refractivity contribution in [2.24, 2.45) is 0 Å². The largest absolute Gasteiger partial charge is 0.141 e. The van der Waals surface area contributed by atoms with Crippen molar-refractivity contribution < 1.29 is 0 Å². The van der Waals surface area contributed by atoms with E-state index in [4.69, 9.17) is 12.6 Å². The summed E-state index contributed by atoms with van der Waals surface area (Å²) in [6.45, 7) is 0. The van der Waals surface area contributed by atoms with E-state index in [1.165, 1.54) is 24.5 Å². The van der Waals surface area contributed by atoms with Gasteiger partial charge in [-0.05, 0) is 31.3 Å². The Morgan fingerprint density at radius 1 is 0.529 bits per heavy atom. The minimum absolute atomic E-state index is 1.14. The molecule has 0 bridgehead atoms. The Morgan fingerprint density at radius 2 is 0.765 bits per heavy atom. The van der Waals surface area contributed by atoms with Gasteiger partial charge in [-0.3, -0.25) is 0 Å². The second-order valence-corrected chi connectivity index (χ2v) is 7.54. The standard InChI is InChI=1S/C11H16S6/c1-13-7-6(12)8(14-2)10(16-4)11(17-5)9(7)15-3/h12H,1-5H3. The molecule has 0 amide bonds. The number of rotatable bonds is 5. The first-order valence-electron chi connectivity index (χ1n) is 4.79. The number of hydrogen-bond acceptors (Lipinski definition) is 6. The van der Waals surface area contributed by atoms with Crippen molar-refractivity contribution in [3.8, 4) is 0 Å². The molecule has 0 aliphatic rings. The molecule has 1 aromatic rings. The van der Waals surface area contributed by atoms with Gasteiger partial charge in [0.2, 0.25) is 0 Å². The summed E-state index contributed by atoms with van der Waals surface area (Å²) in [5.41, 5.74) is 0. The fraction of sp³-hybridized carbons (Fsp3) is 0.455. The molecule has 0 saturated heterocycles. The van der Waals surface area contributed by atoms with Crippen LogP contribution >= 0.6 is 71.4 Å². The van der Waals surface area contributed by atoms with E-state index in [0.29, 0.717) is 0 Å². The fourth-order valence-corrected chi connectivity index (χ4v) is 7.63. The molecule has 17 heavy (non-hydrogen) atoms. The van der Waals surface area contributed by atoms with E-state index in [1.807, 2.05) is 35.3 Å². The number of thioether (sulfide) groups is 5. The Labute approximate surface area is 131 Å². The molecule has 0 heterocycles. The summed E-state index contributed by atoms with van der Waals surface area (Å²) < 4.78 is 0. The topological polar surface area (TPSA) is 0 Å². The molecule has 0 fully saturated rings. The van der Waals surface area contributed by atoms with Crippen molar-refractivity contribution in [1.82, 2.24) is 0 Å². The van der Waals surface area contributed by atoms with Gasteiger partial charge in [0.15, 0.2) is 0 Å². The molecule has 0 aliphatic carbocycles. The predicted octanol–water partition coefficient (Wildman–Crippen LogP) is 5.58. The van der Waals surface area contributed by atoms with Crippen LogP contribution in [0.2, 0.25) is 0 Å². The summed E-state index contributed by atoms with van der Waals surface area (Å²) in [5, 5.41) is 0. The van der Waals surface area contributed by atoms with Crippen molar-refractivity contribution in [2.45, 2.75) is 29.4 Å². The van der Waals surface area contributed by atoms with Gasteiger partial charge in [0.25, 0.3) is 0 Å². The quantitative estimate of drug-likeness (QED) is 0.547. The Kier molecular flexibility index (Phi) is 7.51. The summed E-state index contributed by atoms with van der Waals surface area (Å²) in [5.74, 6) is 0. The predicted molar refractivity (Wildman–Crippen MR) is 92.6 cm³/mol. The molecular formula is C11H16S6. The fourth-order valence-electron chi connectivity index (χ4n) is 1.56. The highest BCUT2D eigenvalue weighted by Gasteiger charge is 2.20. The monoisotopic (exact) mass is 340 g/mol. The van der Waals surface area contributed by atoms with Crippen LogP contribution < -0.4 is 0 Å². The molecule has 6 heteroatoms. The van der Waals surface area contributed by atoms with Crippen LogP contribution in [0.3, 0.4) is 0 Å². The highest BCUT2D eigenvalue weighted by molar-refractivity contribution is 8.05. The third kappa shape index (κ3) is 3.26. The van der Waals surface area contributed by atoms with Gasteiger partial charge in [0.05, 0.1) is 0 Å². The van der Waals surface area contributed by atoms with E-state index in [-0.39, 0.29) is 0 Å². The van der Waals surface area contributed by atoms with E-state index in [0.717, 1.165) is 4.90 Å². The van der Waals surface area contributed by atoms with E-state index in [2.05, 4.69) is 31.3 Å². The zero-order valence-electron chi connectivity index (χ0n) is 10.5. The van der Waals surface area contributed by atoms with Crippen LogP contribution in [-0.2, 0) is 0 Å². The third-order valence-corrected chi connectivity index (χ3v) is 7.62. The van der Waals surface area contributed by atoms with E-state index in [1.54, 1.807) is 23.5 Å². The molecule has 96 valence electrons. The smallest absolute Gasteiger partial charge is 0.0365 e. The Balaban J connectivity index is 3.66. The van der Waals surface area contributed by atoms with Crippen LogP contribution in [0.4, 0.5) is 0 Å². The first kappa shape index (κ1) is 16.4. The summed E-state index contributed by atoms with van der Waals surface area (Å²) in [6.07, 6.45) is 10.7.